The molecule has 0 N–H and O–H groups in total. The van der Waals surface area contributed by atoms with Gasteiger partial charge in [-0.2, -0.15) is 0 Å². The Kier molecular flexibility index (Phi) is 5.56. The van der Waals surface area contributed by atoms with E-state index >= 15 is 0 Å². The van der Waals surface area contributed by atoms with E-state index in [9.17, 15) is 13.2 Å². The van der Waals surface area contributed by atoms with Crippen molar-refractivity contribution in [2.45, 2.75) is 18.4 Å². The molecule has 9 heteroatoms. The predicted octanol–water partition coefficient (Wildman–Crippen LogP) is 4.46. The molecule has 0 radical (unpaired) electrons. The molecule has 4 aromatic rings. The van der Waals surface area contributed by atoms with Crippen LogP contribution in [0.15, 0.2) is 75.5 Å². The molecule has 7 nitrogen and oxygen atoms in total. The minimum Gasteiger partial charge on any atom is -0.460 e. The lowest BCUT2D eigenvalue weighted by Crippen LogP contribution is -2.31. The number of para-hydroxylation sites is 1. The van der Waals surface area contributed by atoms with E-state index in [0.717, 1.165) is 0 Å². The number of esters is 1. The van der Waals surface area contributed by atoms with Gasteiger partial charge in [-0.1, -0.05) is 36.4 Å². The first-order chi connectivity index (χ1) is 14.5. The fourth-order valence-corrected chi connectivity index (χ4v) is 5.35. The third-order valence-corrected chi connectivity index (χ3v) is 7.08. The van der Waals surface area contributed by atoms with Crippen molar-refractivity contribution in [1.29, 1.82) is 0 Å². The van der Waals surface area contributed by atoms with Crippen molar-refractivity contribution in [3.8, 4) is 0 Å². The maximum atomic E-state index is 13.4. The molecular weight excluding hydrogens is 424 g/mol. The van der Waals surface area contributed by atoms with Crippen LogP contribution in [0.1, 0.15) is 23.0 Å². The molecule has 0 fully saturated rings. The fourth-order valence-electron chi connectivity index (χ4n) is 3.08. The highest BCUT2D eigenvalue weighted by Gasteiger charge is 2.31. The summed E-state index contributed by atoms with van der Waals surface area (Å²) in [6.45, 7) is 1.74. The van der Waals surface area contributed by atoms with Gasteiger partial charge in [0.25, 0.3) is 10.0 Å². The van der Waals surface area contributed by atoms with Gasteiger partial charge in [0, 0.05) is 22.5 Å². The highest BCUT2D eigenvalue weighted by Crippen LogP contribution is 2.33. The SMILES string of the molecule is CCOC(=O)c1oc2ccccc2c1CN(c1nccs1)S(=O)(=O)c1ccccc1. The number of thiazole rings is 1. The molecule has 30 heavy (non-hydrogen) atoms. The van der Waals surface area contributed by atoms with Gasteiger partial charge >= 0.3 is 5.97 Å². The number of ether oxygens (including phenoxy) is 1. The molecule has 0 aliphatic carbocycles. The number of rotatable bonds is 7. The van der Waals surface area contributed by atoms with E-state index in [1.54, 1.807) is 54.8 Å². The van der Waals surface area contributed by atoms with Crippen LogP contribution in [0.25, 0.3) is 11.0 Å². The Morgan fingerprint density at radius 2 is 1.87 bits per heavy atom. The number of sulfonamides is 1. The van der Waals surface area contributed by atoms with Crippen molar-refractivity contribution in [2.24, 2.45) is 0 Å². The second kappa shape index (κ2) is 8.29. The first-order valence-electron chi connectivity index (χ1n) is 9.17. The van der Waals surface area contributed by atoms with Crippen LogP contribution < -0.4 is 4.31 Å². The molecule has 2 aromatic carbocycles. The van der Waals surface area contributed by atoms with E-state index in [1.165, 1.54) is 34.0 Å². The Hall–Kier alpha value is -3.17. The number of furan rings is 1. The highest BCUT2D eigenvalue weighted by molar-refractivity contribution is 7.93. The number of anilines is 1. The minimum absolute atomic E-state index is 0.0112. The normalized spacial score (nSPS) is 11.5. The summed E-state index contributed by atoms with van der Waals surface area (Å²) in [6.07, 6.45) is 1.53. The van der Waals surface area contributed by atoms with Crippen molar-refractivity contribution < 1.29 is 22.4 Å². The fraction of sp³-hybridized carbons (Fsp3) is 0.143. The van der Waals surface area contributed by atoms with Crippen LogP contribution in [-0.4, -0.2) is 26.0 Å². The Balaban J connectivity index is 1.86. The van der Waals surface area contributed by atoms with Crippen LogP contribution in [0, 0.1) is 0 Å². The summed E-state index contributed by atoms with van der Waals surface area (Å²) < 4.78 is 38.9. The van der Waals surface area contributed by atoms with Crippen molar-refractivity contribution >= 4 is 43.4 Å². The average Bonchev–Trinajstić information content (AvgIpc) is 3.41. The number of fused-ring (bicyclic) bond motifs is 1. The first kappa shape index (κ1) is 20.1. The number of hydrogen-bond donors (Lipinski definition) is 0. The summed E-state index contributed by atoms with van der Waals surface area (Å²) in [4.78, 5) is 16.9. The maximum Gasteiger partial charge on any atom is 0.374 e. The molecule has 0 amide bonds. The van der Waals surface area contributed by atoms with E-state index in [2.05, 4.69) is 4.98 Å². The molecule has 0 aliphatic rings. The number of hydrogen-bond acceptors (Lipinski definition) is 7. The zero-order chi connectivity index (χ0) is 21.1. The smallest absolute Gasteiger partial charge is 0.374 e. The standard InChI is InChI=1S/C21H18N2O5S2/c1-2-27-20(24)19-17(16-10-6-7-11-18(16)28-19)14-23(21-22-12-13-29-21)30(25,26)15-8-4-3-5-9-15/h3-13H,2,14H2,1H3. The number of carbonyl (C=O) groups is 1. The van der Waals surface area contributed by atoms with Gasteiger partial charge in [0.2, 0.25) is 5.76 Å². The second-order valence-electron chi connectivity index (χ2n) is 6.27. The first-order valence-corrected chi connectivity index (χ1v) is 11.5. The number of benzene rings is 2. The van der Waals surface area contributed by atoms with Gasteiger partial charge in [-0.25, -0.2) is 22.5 Å². The number of nitrogens with zero attached hydrogens (tertiary/aromatic N) is 2. The molecule has 4 rings (SSSR count). The van der Waals surface area contributed by atoms with E-state index in [-0.39, 0.29) is 23.8 Å². The minimum atomic E-state index is -3.94. The van der Waals surface area contributed by atoms with Crippen LogP contribution in [-0.2, 0) is 21.3 Å². The third kappa shape index (κ3) is 3.69. The van der Waals surface area contributed by atoms with Crippen LogP contribution >= 0.6 is 11.3 Å². The van der Waals surface area contributed by atoms with E-state index in [4.69, 9.17) is 9.15 Å². The monoisotopic (exact) mass is 442 g/mol. The summed E-state index contributed by atoms with van der Waals surface area (Å²) in [5, 5.41) is 2.63. The van der Waals surface area contributed by atoms with Gasteiger partial charge in [0.1, 0.15) is 5.58 Å². The zero-order valence-corrected chi connectivity index (χ0v) is 17.7. The highest BCUT2D eigenvalue weighted by atomic mass is 32.2. The van der Waals surface area contributed by atoms with Crippen molar-refractivity contribution in [3.05, 3.63) is 77.5 Å². The molecule has 2 aromatic heterocycles. The molecule has 2 heterocycles. The molecule has 0 spiro atoms. The zero-order valence-electron chi connectivity index (χ0n) is 16.0. The van der Waals surface area contributed by atoms with Gasteiger partial charge in [-0.15, -0.1) is 11.3 Å². The molecule has 154 valence electrons. The van der Waals surface area contributed by atoms with Crippen LogP contribution in [0.4, 0.5) is 5.13 Å². The van der Waals surface area contributed by atoms with E-state index in [1.807, 2.05) is 0 Å². The Morgan fingerprint density at radius 1 is 1.13 bits per heavy atom. The Bertz CT molecular complexity index is 1270. The van der Waals surface area contributed by atoms with Crippen LogP contribution in [0.3, 0.4) is 0 Å². The largest absolute Gasteiger partial charge is 0.460 e. The average molecular weight is 443 g/mol. The van der Waals surface area contributed by atoms with Gasteiger partial charge in [-0.05, 0) is 25.1 Å². The number of aromatic nitrogens is 1. The molecule has 0 saturated heterocycles. The lowest BCUT2D eigenvalue weighted by atomic mass is 10.1. The van der Waals surface area contributed by atoms with Crippen LogP contribution in [0.2, 0.25) is 0 Å². The maximum absolute atomic E-state index is 13.4. The second-order valence-corrected chi connectivity index (χ2v) is 9.00. The molecule has 0 aliphatic heterocycles. The summed E-state index contributed by atoms with van der Waals surface area (Å²) >= 11 is 1.19. The van der Waals surface area contributed by atoms with E-state index < -0.39 is 16.0 Å². The summed E-state index contributed by atoms with van der Waals surface area (Å²) in [6, 6.07) is 15.2. The summed E-state index contributed by atoms with van der Waals surface area (Å²) in [5.41, 5.74) is 0.908. The number of carbonyl (C=O) groups excluding carboxylic acids is 1. The lowest BCUT2D eigenvalue weighted by Gasteiger charge is -2.21. The Labute approximate surface area is 177 Å². The summed E-state index contributed by atoms with van der Waals surface area (Å²) in [5.74, 6) is -0.650. The molecule has 0 saturated carbocycles. The topological polar surface area (TPSA) is 89.7 Å². The molecular formula is C21H18N2O5S2. The molecule has 0 unspecified atom stereocenters. The van der Waals surface area contributed by atoms with Gasteiger partial charge in [0.15, 0.2) is 5.13 Å². The third-order valence-electron chi connectivity index (χ3n) is 4.42. The van der Waals surface area contributed by atoms with Crippen molar-refractivity contribution in [1.82, 2.24) is 4.98 Å². The summed E-state index contributed by atoms with van der Waals surface area (Å²) in [7, 11) is -3.94. The lowest BCUT2D eigenvalue weighted by molar-refractivity contribution is 0.0491. The Morgan fingerprint density at radius 3 is 2.57 bits per heavy atom. The van der Waals surface area contributed by atoms with Gasteiger partial charge in [-0.3, -0.25) is 0 Å². The molecule has 0 bridgehead atoms. The van der Waals surface area contributed by atoms with Crippen LogP contribution in [0.5, 0.6) is 0 Å². The van der Waals surface area contributed by atoms with Crippen molar-refractivity contribution in [3.63, 3.8) is 0 Å². The predicted molar refractivity (Wildman–Crippen MR) is 114 cm³/mol. The van der Waals surface area contributed by atoms with Crippen molar-refractivity contribution in [2.75, 3.05) is 10.9 Å². The van der Waals surface area contributed by atoms with Gasteiger partial charge in [0.05, 0.1) is 18.0 Å². The van der Waals surface area contributed by atoms with Gasteiger partial charge < -0.3 is 9.15 Å². The molecule has 0 atom stereocenters. The van der Waals surface area contributed by atoms with E-state index in [0.29, 0.717) is 21.7 Å². The quantitative estimate of drug-likeness (QED) is 0.393.